The summed E-state index contributed by atoms with van der Waals surface area (Å²) in [4.78, 5) is 11.7. The van der Waals surface area contributed by atoms with Gasteiger partial charge in [0.25, 0.3) is 0 Å². The third kappa shape index (κ3) is 1.13. The summed E-state index contributed by atoms with van der Waals surface area (Å²) >= 11 is 0. The molecule has 68 valence electrons. The van der Waals surface area contributed by atoms with Crippen LogP contribution in [-0.4, -0.2) is 11.9 Å². The molecule has 0 spiro atoms. The average Bonchev–Trinajstić information content (AvgIpc) is 2.45. The number of hydrogen-bond acceptors (Lipinski definition) is 2. The van der Waals surface area contributed by atoms with Crippen molar-refractivity contribution in [3.05, 3.63) is 29.3 Å². The van der Waals surface area contributed by atoms with Crippen LogP contribution in [0.4, 0.5) is 0 Å². The Morgan fingerprint density at radius 3 is 2.85 bits per heavy atom. The van der Waals surface area contributed by atoms with Crippen molar-refractivity contribution in [2.75, 3.05) is 0 Å². The number of ether oxygens (including phenoxy) is 1. The normalized spacial score (nSPS) is 19.8. The molecule has 0 saturated heterocycles. The molecule has 0 aliphatic carbocycles. The van der Waals surface area contributed by atoms with Gasteiger partial charge in [-0.05, 0) is 25.0 Å². The van der Waals surface area contributed by atoms with Crippen molar-refractivity contribution in [1.29, 1.82) is 0 Å². The molecule has 0 radical (unpaired) electrons. The van der Waals surface area contributed by atoms with Crippen molar-refractivity contribution in [1.82, 2.24) is 0 Å². The van der Waals surface area contributed by atoms with Gasteiger partial charge in [-0.1, -0.05) is 19.1 Å². The lowest BCUT2D eigenvalue weighted by atomic mass is 10.1. The van der Waals surface area contributed by atoms with E-state index in [2.05, 4.69) is 0 Å². The molecule has 1 heterocycles. The first-order valence-electron chi connectivity index (χ1n) is 4.54. The quantitative estimate of drug-likeness (QED) is 0.656. The van der Waals surface area contributed by atoms with Gasteiger partial charge in [-0.2, -0.15) is 0 Å². The Labute approximate surface area is 77.5 Å². The first kappa shape index (κ1) is 8.30. The Kier molecular flexibility index (Phi) is 1.83. The molecule has 0 amide bonds. The maximum Gasteiger partial charge on any atom is 0.207 e. The largest absolute Gasteiger partial charge is 0.481 e. The lowest BCUT2D eigenvalue weighted by Gasteiger charge is -2.05. The predicted molar refractivity (Wildman–Crippen MR) is 50.2 cm³/mol. The summed E-state index contributed by atoms with van der Waals surface area (Å²) < 4.78 is 5.55. The number of ketones is 1. The van der Waals surface area contributed by atoms with Gasteiger partial charge in [-0.15, -0.1) is 0 Å². The number of aryl methyl sites for hydroxylation is 1. The van der Waals surface area contributed by atoms with Gasteiger partial charge in [-0.3, -0.25) is 4.79 Å². The van der Waals surface area contributed by atoms with Crippen LogP contribution in [0.2, 0.25) is 0 Å². The second-order valence-corrected chi connectivity index (χ2v) is 3.33. The van der Waals surface area contributed by atoms with Crippen LogP contribution in [0.15, 0.2) is 18.2 Å². The van der Waals surface area contributed by atoms with Crippen LogP contribution >= 0.6 is 0 Å². The molecule has 1 unspecified atom stereocenters. The molecule has 1 atom stereocenters. The molecule has 13 heavy (non-hydrogen) atoms. The van der Waals surface area contributed by atoms with Gasteiger partial charge in [0, 0.05) is 0 Å². The molecular weight excluding hydrogens is 164 g/mol. The monoisotopic (exact) mass is 176 g/mol. The molecule has 0 fully saturated rings. The lowest BCUT2D eigenvalue weighted by Crippen LogP contribution is -2.18. The van der Waals surface area contributed by atoms with Crippen molar-refractivity contribution < 1.29 is 9.53 Å². The van der Waals surface area contributed by atoms with E-state index in [0.29, 0.717) is 0 Å². The number of carbonyl (C=O) groups excluding carboxylic acids is 1. The third-order valence-electron chi connectivity index (χ3n) is 2.40. The van der Waals surface area contributed by atoms with Gasteiger partial charge in [0.2, 0.25) is 5.78 Å². The van der Waals surface area contributed by atoms with Gasteiger partial charge >= 0.3 is 0 Å². The van der Waals surface area contributed by atoms with E-state index in [0.717, 1.165) is 23.3 Å². The van der Waals surface area contributed by atoms with Gasteiger partial charge < -0.3 is 4.74 Å². The van der Waals surface area contributed by atoms with Crippen LogP contribution in [0.1, 0.15) is 29.3 Å². The predicted octanol–water partition coefficient (Wildman–Crippen LogP) is 2.35. The number of Topliss-reactive ketones (excluding diaryl/α,β-unsaturated/α-hetero) is 1. The van der Waals surface area contributed by atoms with Crippen LogP contribution < -0.4 is 4.74 Å². The summed E-state index contributed by atoms with van der Waals surface area (Å²) in [6.07, 6.45) is 0.489. The Bertz CT molecular complexity index is 355. The van der Waals surface area contributed by atoms with E-state index >= 15 is 0 Å². The zero-order valence-corrected chi connectivity index (χ0v) is 7.83. The molecule has 0 N–H and O–H groups in total. The van der Waals surface area contributed by atoms with Gasteiger partial charge in [0.1, 0.15) is 5.75 Å². The third-order valence-corrected chi connectivity index (χ3v) is 2.40. The van der Waals surface area contributed by atoms with E-state index in [9.17, 15) is 4.79 Å². The highest BCUT2D eigenvalue weighted by molar-refractivity contribution is 6.04. The number of hydrogen-bond donors (Lipinski definition) is 0. The fourth-order valence-electron chi connectivity index (χ4n) is 1.64. The average molecular weight is 176 g/mol. The van der Waals surface area contributed by atoms with Crippen LogP contribution in [0.3, 0.4) is 0 Å². The van der Waals surface area contributed by atoms with E-state index in [1.54, 1.807) is 0 Å². The maximum absolute atomic E-state index is 11.7. The Morgan fingerprint density at radius 2 is 2.23 bits per heavy atom. The van der Waals surface area contributed by atoms with Crippen LogP contribution in [-0.2, 0) is 0 Å². The number of fused-ring (bicyclic) bond motifs is 1. The molecular formula is C11H12O2. The van der Waals surface area contributed by atoms with E-state index < -0.39 is 0 Å². The minimum absolute atomic E-state index is 0.126. The minimum Gasteiger partial charge on any atom is -0.481 e. The maximum atomic E-state index is 11.7. The standard InChI is InChI=1S/C11H12O2/c1-3-9-10(12)8-6-4-5-7(2)11(8)13-9/h4-6,9H,3H2,1-2H3. The van der Waals surface area contributed by atoms with E-state index in [1.807, 2.05) is 32.0 Å². The van der Waals surface area contributed by atoms with E-state index in [4.69, 9.17) is 4.74 Å². The second kappa shape index (κ2) is 2.87. The molecule has 1 aliphatic heterocycles. The lowest BCUT2D eigenvalue weighted by molar-refractivity contribution is 0.0852. The van der Waals surface area contributed by atoms with Gasteiger partial charge in [0.05, 0.1) is 5.56 Å². The first-order chi connectivity index (χ1) is 6.24. The highest BCUT2D eigenvalue weighted by Crippen LogP contribution is 2.32. The van der Waals surface area contributed by atoms with Crippen LogP contribution in [0.25, 0.3) is 0 Å². The molecule has 2 rings (SSSR count). The summed E-state index contributed by atoms with van der Waals surface area (Å²) in [6, 6.07) is 5.69. The second-order valence-electron chi connectivity index (χ2n) is 3.33. The molecule has 2 heteroatoms. The van der Waals surface area contributed by atoms with E-state index in [-0.39, 0.29) is 11.9 Å². The molecule has 0 saturated carbocycles. The van der Waals surface area contributed by atoms with Crippen molar-refractivity contribution >= 4 is 5.78 Å². The molecule has 1 aromatic carbocycles. The topological polar surface area (TPSA) is 26.3 Å². The zero-order chi connectivity index (χ0) is 9.42. The summed E-state index contributed by atoms with van der Waals surface area (Å²) in [5.41, 5.74) is 1.79. The SMILES string of the molecule is CCC1Oc2c(C)cccc2C1=O. The molecule has 1 aliphatic rings. The summed E-state index contributed by atoms with van der Waals surface area (Å²) in [7, 11) is 0. The Balaban J connectivity index is 2.49. The van der Waals surface area contributed by atoms with Crippen molar-refractivity contribution in [2.45, 2.75) is 26.4 Å². The van der Waals surface area contributed by atoms with Crippen LogP contribution in [0.5, 0.6) is 5.75 Å². The summed E-state index contributed by atoms with van der Waals surface area (Å²) in [5.74, 6) is 0.903. The fraction of sp³-hybridized carbons (Fsp3) is 0.364. The van der Waals surface area contributed by atoms with Crippen LogP contribution in [0, 0.1) is 6.92 Å². The number of rotatable bonds is 1. The number of para-hydroxylation sites is 1. The Morgan fingerprint density at radius 1 is 1.46 bits per heavy atom. The van der Waals surface area contributed by atoms with Crippen molar-refractivity contribution in [3.8, 4) is 5.75 Å². The Hall–Kier alpha value is -1.31. The minimum atomic E-state index is -0.254. The number of carbonyl (C=O) groups is 1. The fourth-order valence-corrected chi connectivity index (χ4v) is 1.64. The molecule has 0 aromatic heterocycles. The first-order valence-corrected chi connectivity index (χ1v) is 4.54. The summed E-state index contributed by atoms with van der Waals surface area (Å²) in [6.45, 7) is 3.92. The molecule has 1 aromatic rings. The highest BCUT2D eigenvalue weighted by atomic mass is 16.5. The zero-order valence-electron chi connectivity index (χ0n) is 7.83. The van der Waals surface area contributed by atoms with Gasteiger partial charge in [0.15, 0.2) is 6.10 Å². The van der Waals surface area contributed by atoms with E-state index in [1.165, 1.54) is 0 Å². The smallest absolute Gasteiger partial charge is 0.207 e. The number of benzene rings is 1. The van der Waals surface area contributed by atoms with Crippen molar-refractivity contribution in [3.63, 3.8) is 0 Å². The van der Waals surface area contributed by atoms with Gasteiger partial charge in [-0.25, -0.2) is 0 Å². The highest BCUT2D eigenvalue weighted by Gasteiger charge is 2.31. The molecule has 0 bridgehead atoms. The summed E-state index contributed by atoms with van der Waals surface area (Å²) in [5, 5.41) is 0. The van der Waals surface area contributed by atoms with Crippen molar-refractivity contribution in [2.24, 2.45) is 0 Å². The molecule has 2 nitrogen and oxygen atoms in total.